The molecule has 32 heavy (non-hydrogen) atoms. The molecular formula is C23H19ClN4O4. The van der Waals surface area contributed by atoms with Crippen LogP contribution in [0.25, 0.3) is 4.85 Å². The molecule has 1 aliphatic heterocycles. The van der Waals surface area contributed by atoms with Gasteiger partial charge in [0.1, 0.15) is 5.71 Å². The summed E-state index contributed by atoms with van der Waals surface area (Å²) in [4.78, 5) is 48.1. The van der Waals surface area contributed by atoms with E-state index < -0.39 is 17.8 Å². The Labute approximate surface area is 189 Å². The zero-order chi connectivity index (χ0) is 23.7. The van der Waals surface area contributed by atoms with Crippen molar-refractivity contribution in [3.05, 3.63) is 75.2 Å². The quantitative estimate of drug-likeness (QED) is 0.555. The van der Waals surface area contributed by atoms with Crippen molar-refractivity contribution in [3.8, 4) is 0 Å². The van der Waals surface area contributed by atoms with Crippen LogP contribution >= 0.6 is 11.6 Å². The number of nitrogens with zero attached hydrogens (tertiary/aromatic N) is 4. The fourth-order valence-electron chi connectivity index (χ4n) is 3.20. The summed E-state index contributed by atoms with van der Waals surface area (Å²) in [6.45, 7) is 10.8. The second-order valence-electron chi connectivity index (χ2n) is 7.33. The molecule has 0 aliphatic carbocycles. The number of aryl methyl sites for hydroxylation is 1. The first kappa shape index (κ1) is 22.7. The summed E-state index contributed by atoms with van der Waals surface area (Å²) >= 11 is 6.20. The monoisotopic (exact) mass is 450 g/mol. The number of hydrogen-bond donors (Lipinski definition) is 1. The third kappa shape index (κ3) is 3.98. The Balaban J connectivity index is 2.21. The van der Waals surface area contributed by atoms with Crippen molar-refractivity contribution in [1.29, 1.82) is 0 Å². The van der Waals surface area contributed by atoms with E-state index in [-0.39, 0.29) is 33.3 Å². The van der Waals surface area contributed by atoms with Crippen LogP contribution in [0.3, 0.4) is 0 Å². The van der Waals surface area contributed by atoms with Crippen molar-refractivity contribution in [2.45, 2.75) is 13.8 Å². The number of benzene rings is 2. The Morgan fingerprint density at radius 1 is 1.12 bits per heavy atom. The summed E-state index contributed by atoms with van der Waals surface area (Å²) in [7, 11) is 3.80. The van der Waals surface area contributed by atoms with Crippen LogP contribution in [0.5, 0.6) is 0 Å². The second-order valence-corrected chi connectivity index (χ2v) is 7.74. The number of anilines is 2. The third-order valence-electron chi connectivity index (χ3n) is 5.00. The number of halogens is 1. The smallest absolute Gasteiger partial charge is 0.335 e. The number of carboxylic acid groups (broad SMARTS) is 1. The lowest BCUT2D eigenvalue weighted by atomic mass is 10.0. The lowest BCUT2D eigenvalue weighted by Crippen LogP contribution is -2.46. The highest BCUT2D eigenvalue weighted by Crippen LogP contribution is 2.33. The predicted molar refractivity (Wildman–Crippen MR) is 123 cm³/mol. The summed E-state index contributed by atoms with van der Waals surface area (Å²) in [6.07, 6.45) is 0. The van der Waals surface area contributed by atoms with Crippen molar-refractivity contribution in [1.82, 2.24) is 0 Å². The Morgan fingerprint density at radius 3 is 2.38 bits per heavy atom. The minimum absolute atomic E-state index is 0.00792. The largest absolute Gasteiger partial charge is 0.478 e. The number of imide groups is 1. The van der Waals surface area contributed by atoms with Crippen molar-refractivity contribution in [3.63, 3.8) is 0 Å². The minimum atomic E-state index is -1.25. The predicted octanol–water partition coefficient (Wildman–Crippen LogP) is 4.25. The van der Waals surface area contributed by atoms with Gasteiger partial charge in [-0.2, -0.15) is 0 Å². The standard InChI is InChI=1S/C23H19ClN4O4/c1-12-10-15(27(4)5)7-9-17(12)26-20-13(2)19(25-3)21(29)28(22(20)30)18-11-14(23(31)32)6-8-16(18)24/h6-11H,1-2,4-5H3,(H,31,32). The highest BCUT2D eigenvalue weighted by Gasteiger charge is 2.39. The number of carbonyl (C=O) groups excluding carboxylic acids is 2. The molecule has 0 bridgehead atoms. The summed E-state index contributed by atoms with van der Waals surface area (Å²) in [5.74, 6) is -2.92. The van der Waals surface area contributed by atoms with Crippen molar-refractivity contribution < 1.29 is 19.5 Å². The number of aliphatic imine (C=N–C) groups is 1. The molecule has 0 unspecified atom stereocenters. The number of aromatic carboxylic acids is 1. The fourth-order valence-corrected chi connectivity index (χ4v) is 3.40. The number of hydrogen-bond acceptors (Lipinski definition) is 5. The summed E-state index contributed by atoms with van der Waals surface area (Å²) in [5.41, 5.74) is 1.73. The van der Waals surface area contributed by atoms with Crippen molar-refractivity contribution in [2.24, 2.45) is 4.99 Å². The van der Waals surface area contributed by atoms with Crippen molar-refractivity contribution in [2.75, 3.05) is 23.9 Å². The van der Waals surface area contributed by atoms with Crippen LogP contribution in [0.15, 0.2) is 52.7 Å². The summed E-state index contributed by atoms with van der Waals surface area (Å²) in [5, 5.41) is 9.28. The number of carboxylic acids is 1. The molecule has 162 valence electrons. The topological polar surface area (TPSA) is 94.6 Å². The second kappa shape index (κ2) is 8.65. The van der Waals surface area contributed by atoms with Gasteiger partial charge < -0.3 is 10.0 Å². The molecule has 3 rings (SSSR count). The maximum Gasteiger partial charge on any atom is 0.335 e. The van der Waals surface area contributed by atoms with E-state index in [2.05, 4.69) is 9.84 Å². The molecular weight excluding hydrogens is 432 g/mol. The highest BCUT2D eigenvalue weighted by atomic mass is 35.5. The fraction of sp³-hybridized carbons (Fsp3) is 0.174. The normalized spacial score (nSPS) is 15.2. The molecule has 0 saturated heterocycles. The van der Waals surface area contributed by atoms with Gasteiger partial charge in [0.25, 0.3) is 17.5 Å². The molecule has 0 atom stereocenters. The van der Waals surface area contributed by atoms with Gasteiger partial charge in [0.15, 0.2) is 0 Å². The average molecular weight is 451 g/mol. The van der Waals surface area contributed by atoms with E-state index in [1.54, 1.807) is 6.07 Å². The van der Waals surface area contributed by atoms with E-state index in [1.807, 2.05) is 38.1 Å². The maximum atomic E-state index is 13.4. The molecule has 0 spiro atoms. The molecule has 9 heteroatoms. The first-order chi connectivity index (χ1) is 15.1. The zero-order valence-electron chi connectivity index (χ0n) is 17.8. The van der Waals surface area contributed by atoms with Gasteiger partial charge in [-0.05, 0) is 61.4 Å². The van der Waals surface area contributed by atoms with Crippen LogP contribution in [-0.2, 0) is 9.59 Å². The van der Waals surface area contributed by atoms with Gasteiger partial charge in [0.2, 0.25) is 0 Å². The van der Waals surface area contributed by atoms with Crippen LogP contribution in [0, 0.1) is 13.5 Å². The highest BCUT2D eigenvalue weighted by molar-refractivity contribution is 6.58. The molecule has 1 aliphatic rings. The number of carbonyl (C=O) groups is 3. The molecule has 0 aromatic heterocycles. The van der Waals surface area contributed by atoms with Gasteiger partial charge in [0, 0.05) is 19.8 Å². The molecule has 1 heterocycles. The van der Waals surface area contributed by atoms with Crippen LogP contribution in [0.2, 0.25) is 5.02 Å². The first-order valence-corrected chi connectivity index (χ1v) is 9.81. The third-order valence-corrected chi connectivity index (χ3v) is 5.32. The van der Waals surface area contributed by atoms with E-state index in [4.69, 9.17) is 18.2 Å². The minimum Gasteiger partial charge on any atom is -0.478 e. The molecule has 0 radical (unpaired) electrons. The molecule has 0 saturated carbocycles. The molecule has 2 aromatic carbocycles. The molecule has 8 nitrogen and oxygen atoms in total. The Morgan fingerprint density at radius 2 is 1.81 bits per heavy atom. The lowest BCUT2D eigenvalue weighted by Gasteiger charge is -2.27. The number of amides is 2. The van der Waals surface area contributed by atoms with E-state index in [1.165, 1.54) is 19.1 Å². The molecule has 2 amide bonds. The molecule has 2 aromatic rings. The van der Waals surface area contributed by atoms with E-state index in [0.29, 0.717) is 10.6 Å². The van der Waals surface area contributed by atoms with E-state index >= 15 is 0 Å². The zero-order valence-corrected chi connectivity index (χ0v) is 18.6. The molecule has 1 N–H and O–H groups in total. The summed E-state index contributed by atoms with van der Waals surface area (Å²) in [6, 6.07) is 9.15. The molecule has 0 fully saturated rings. The van der Waals surface area contributed by atoms with Crippen LogP contribution in [-0.4, -0.2) is 42.7 Å². The Bertz CT molecular complexity index is 1270. The van der Waals surface area contributed by atoms with Gasteiger partial charge in [-0.3, -0.25) is 9.59 Å². The van der Waals surface area contributed by atoms with Gasteiger partial charge >= 0.3 is 5.97 Å². The van der Waals surface area contributed by atoms with Gasteiger partial charge in [0.05, 0.1) is 28.5 Å². The SMILES string of the molecule is [C-]#[N+]C1=C(C)C(=Nc2ccc(N(C)C)cc2C)C(=O)N(c2cc(C(=O)O)ccc2Cl)C1=O. The van der Waals surface area contributed by atoms with Gasteiger partial charge in [-0.1, -0.05) is 11.6 Å². The first-order valence-electron chi connectivity index (χ1n) is 9.43. The van der Waals surface area contributed by atoms with E-state index in [0.717, 1.165) is 17.3 Å². The number of rotatable bonds is 4. The maximum absolute atomic E-state index is 13.4. The van der Waals surface area contributed by atoms with Gasteiger partial charge in [-0.15, -0.1) is 0 Å². The Kier molecular flexibility index (Phi) is 6.14. The van der Waals surface area contributed by atoms with Crippen LogP contribution in [0.4, 0.5) is 17.1 Å². The van der Waals surface area contributed by atoms with Crippen LogP contribution < -0.4 is 9.80 Å². The van der Waals surface area contributed by atoms with Crippen molar-refractivity contribution >= 4 is 52.2 Å². The van der Waals surface area contributed by atoms with Crippen LogP contribution in [0.1, 0.15) is 22.8 Å². The van der Waals surface area contributed by atoms with E-state index in [9.17, 15) is 19.5 Å². The Hall–Kier alpha value is -3.96. The summed E-state index contributed by atoms with van der Waals surface area (Å²) < 4.78 is 0. The lowest BCUT2D eigenvalue weighted by molar-refractivity contribution is -0.121. The average Bonchev–Trinajstić information content (AvgIpc) is 2.73. The van der Waals surface area contributed by atoms with Gasteiger partial charge in [-0.25, -0.2) is 19.5 Å².